The van der Waals surface area contributed by atoms with Crippen LogP contribution in [0.15, 0.2) is 51.9 Å². The zero-order chi connectivity index (χ0) is 17.8. The number of nitrogens with zero attached hydrogens (tertiary/aromatic N) is 2. The minimum atomic E-state index is -0.296. The molecule has 3 rings (SSSR count). The van der Waals surface area contributed by atoms with Gasteiger partial charge < -0.3 is 14.0 Å². The van der Waals surface area contributed by atoms with Crippen LogP contribution in [-0.4, -0.2) is 31.3 Å². The average Bonchev–Trinajstić information content (AvgIpc) is 2.95. The number of carbonyl (C=O) groups is 1. The van der Waals surface area contributed by atoms with E-state index in [2.05, 4.69) is 20.9 Å². The maximum absolute atomic E-state index is 12.6. The van der Waals surface area contributed by atoms with Crippen LogP contribution in [0.5, 0.6) is 5.75 Å². The van der Waals surface area contributed by atoms with Crippen LogP contribution in [0, 0.1) is 0 Å². The van der Waals surface area contributed by atoms with Crippen LogP contribution < -0.4 is 9.54 Å². The van der Waals surface area contributed by atoms with Crippen molar-refractivity contribution in [2.24, 2.45) is 4.99 Å². The molecule has 0 aliphatic heterocycles. The largest absolute Gasteiger partial charge is 0.497 e. The van der Waals surface area contributed by atoms with E-state index in [9.17, 15) is 4.79 Å². The van der Waals surface area contributed by atoms with Crippen molar-refractivity contribution in [3.63, 3.8) is 0 Å². The fraction of sp³-hybridized carbons (Fsp3) is 0.222. The molecule has 5 nitrogen and oxygen atoms in total. The highest BCUT2D eigenvalue weighted by Crippen LogP contribution is 2.22. The zero-order valence-electron chi connectivity index (χ0n) is 13.9. The summed E-state index contributed by atoms with van der Waals surface area (Å²) in [5.74, 6) is 0.337. The zero-order valence-corrected chi connectivity index (χ0v) is 16.3. The number of benzene rings is 2. The second kappa shape index (κ2) is 7.95. The monoisotopic (exact) mass is 420 g/mol. The van der Waals surface area contributed by atoms with E-state index in [1.165, 1.54) is 11.3 Å². The summed E-state index contributed by atoms with van der Waals surface area (Å²) in [4.78, 5) is 17.6. The van der Waals surface area contributed by atoms with Gasteiger partial charge in [0.1, 0.15) is 5.75 Å². The first kappa shape index (κ1) is 17.8. The Bertz CT molecular complexity index is 978. The number of carbonyl (C=O) groups excluding carboxylic acids is 1. The number of methoxy groups -OCH3 is 2. The Hall–Kier alpha value is -1.96. The van der Waals surface area contributed by atoms with Crippen molar-refractivity contribution in [2.45, 2.75) is 6.54 Å². The van der Waals surface area contributed by atoms with Crippen molar-refractivity contribution in [3.05, 3.63) is 57.3 Å². The van der Waals surface area contributed by atoms with E-state index in [-0.39, 0.29) is 5.91 Å². The first-order valence-electron chi connectivity index (χ1n) is 7.63. The van der Waals surface area contributed by atoms with Gasteiger partial charge in [-0.25, -0.2) is 0 Å². The lowest BCUT2D eigenvalue weighted by atomic mass is 10.2. The summed E-state index contributed by atoms with van der Waals surface area (Å²) in [6, 6.07) is 13.0. The summed E-state index contributed by atoms with van der Waals surface area (Å²) in [5, 5.41) is 0. The van der Waals surface area contributed by atoms with E-state index < -0.39 is 0 Å². The standard InChI is InChI=1S/C18H17BrN2O3S/c1-23-9-8-21-15-7-6-13(19)11-16(15)25-18(21)20-17(22)12-4-3-5-14(10-12)24-2/h3-7,10-11H,8-9H2,1-2H3. The lowest BCUT2D eigenvalue weighted by molar-refractivity contribution is 0.0997. The van der Waals surface area contributed by atoms with Crippen molar-refractivity contribution in [3.8, 4) is 5.75 Å². The smallest absolute Gasteiger partial charge is 0.279 e. The molecule has 130 valence electrons. The molecule has 0 N–H and O–H groups in total. The summed E-state index contributed by atoms with van der Waals surface area (Å²) in [6.07, 6.45) is 0. The SMILES string of the molecule is COCCn1c(=NC(=O)c2cccc(OC)c2)sc2cc(Br)ccc21. The van der Waals surface area contributed by atoms with E-state index in [0.717, 1.165) is 14.7 Å². The summed E-state index contributed by atoms with van der Waals surface area (Å²) >= 11 is 4.96. The van der Waals surface area contributed by atoms with Gasteiger partial charge in [-0.1, -0.05) is 33.3 Å². The third kappa shape index (κ3) is 4.00. The molecule has 0 atom stereocenters. The molecular formula is C18H17BrN2O3S. The number of ether oxygens (including phenoxy) is 2. The first-order valence-corrected chi connectivity index (χ1v) is 9.24. The maximum Gasteiger partial charge on any atom is 0.279 e. The molecule has 1 aromatic heterocycles. The molecule has 1 heterocycles. The van der Waals surface area contributed by atoms with Gasteiger partial charge in [0, 0.05) is 23.7 Å². The normalized spacial score (nSPS) is 11.9. The van der Waals surface area contributed by atoms with Gasteiger partial charge >= 0.3 is 0 Å². The van der Waals surface area contributed by atoms with Crippen LogP contribution >= 0.6 is 27.3 Å². The lowest BCUT2D eigenvalue weighted by Crippen LogP contribution is -2.19. The van der Waals surface area contributed by atoms with Crippen LogP contribution in [0.3, 0.4) is 0 Å². The molecule has 0 spiro atoms. The van der Waals surface area contributed by atoms with Crippen molar-refractivity contribution in [2.75, 3.05) is 20.8 Å². The number of fused-ring (bicyclic) bond motifs is 1. The minimum Gasteiger partial charge on any atom is -0.497 e. The van der Waals surface area contributed by atoms with Crippen LogP contribution in [0.1, 0.15) is 10.4 Å². The molecule has 1 amide bonds. The van der Waals surface area contributed by atoms with Gasteiger partial charge in [0.25, 0.3) is 5.91 Å². The Kier molecular flexibility index (Phi) is 5.67. The number of aromatic nitrogens is 1. The van der Waals surface area contributed by atoms with Crippen molar-refractivity contribution in [1.82, 2.24) is 4.57 Å². The molecule has 0 unspecified atom stereocenters. The van der Waals surface area contributed by atoms with E-state index >= 15 is 0 Å². The van der Waals surface area contributed by atoms with Crippen LogP contribution in [0.25, 0.3) is 10.2 Å². The maximum atomic E-state index is 12.6. The second-order valence-corrected chi connectivity index (χ2v) is 7.21. The molecule has 0 bridgehead atoms. The number of thiazole rings is 1. The molecule has 0 radical (unpaired) electrons. The average molecular weight is 421 g/mol. The van der Waals surface area contributed by atoms with Crippen molar-refractivity contribution < 1.29 is 14.3 Å². The molecule has 0 saturated heterocycles. The molecule has 7 heteroatoms. The third-order valence-electron chi connectivity index (χ3n) is 3.68. The molecule has 0 fully saturated rings. The molecule has 0 aliphatic rings. The van der Waals surface area contributed by atoms with Gasteiger partial charge in [-0.2, -0.15) is 4.99 Å². The van der Waals surface area contributed by atoms with Crippen LogP contribution in [0.4, 0.5) is 0 Å². The van der Waals surface area contributed by atoms with Gasteiger partial charge in [0.15, 0.2) is 4.80 Å². The fourth-order valence-corrected chi connectivity index (χ4v) is 4.04. The quantitative estimate of drug-likeness (QED) is 0.629. The number of amides is 1. The highest BCUT2D eigenvalue weighted by atomic mass is 79.9. The predicted molar refractivity (Wildman–Crippen MR) is 102 cm³/mol. The fourth-order valence-electron chi connectivity index (χ4n) is 2.44. The summed E-state index contributed by atoms with van der Waals surface area (Å²) in [5.41, 5.74) is 1.53. The Balaban J connectivity index is 2.08. The molecule has 0 aliphatic carbocycles. The number of rotatable bonds is 5. The molecule has 2 aromatic carbocycles. The minimum absolute atomic E-state index is 0.296. The van der Waals surface area contributed by atoms with E-state index in [1.807, 2.05) is 22.8 Å². The highest BCUT2D eigenvalue weighted by molar-refractivity contribution is 9.10. The predicted octanol–water partition coefficient (Wildman–Crippen LogP) is 3.86. The summed E-state index contributed by atoms with van der Waals surface area (Å²) in [6.45, 7) is 1.17. The Morgan fingerprint density at radius 2 is 2.08 bits per heavy atom. The number of halogens is 1. The van der Waals surface area contributed by atoms with E-state index in [0.29, 0.717) is 29.3 Å². The summed E-state index contributed by atoms with van der Waals surface area (Å²) < 4.78 is 14.4. The number of hydrogen-bond acceptors (Lipinski definition) is 4. The van der Waals surface area contributed by atoms with E-state index in [1.54, 1.807) is 38.5 Å². The van der Waals surface area contributed by atoms with Gasteiger partial charge in [0.2, 0.25) is 0 Å². The Labute approximate surface area is 157 Å². The van der Waals surface area contributed by atoms with Crippen LogP contribution in [0.2, 0.25) is 0 Å². The molecular weight excluding hydrogens is 404 g/mol. The lowest BCUT2D eigenvalue weighted by Gasteiger charge is -2.04. The van der Waals surface area contributed by atoms with Gasteiger partial charge in [0.05, 0.1) is 23.9 Å². The van der Waals surface area contributed by atoms with Gasteiger partial charge in [-0.3, -0.25) is 4.79 Å². The topological polar surface area (TPSA) is 52.8 Å². The highest BCUT2D eigenvalue weighted by Gasteiger charge is 2.10. The first-order chi connectivity index (χ1) is 12.1. The van der Waals surface area contributed by atoms with Crippen molar-refractivity contribution in [1.29, 1.82) is 0 Å². The second-order valence-electron chi connectivity index (χ2n) is 5.29. The van der Waals surface area contributed by atoms with Crippen LogP contribution in [-0.2, 0) is 11.3 Å². The van der Waals surface area contributed by atoms with Crippen molar-refractivity contribution >= 4 is 43.4 Å². The van der Waals surface area contributed by atoms with E-state index in [4.69, 9.17) is 9.47 Å². The Morgan fingerprint density at radius 3 is 2.84 bits per heavy atom. The molecule has 25 heavy (non-hydrogen) atoms. The molecule has 0 saturated carbocycles. The van der Waals surface area contributed by atoms with Gasteiger partial charge in [-0.05, 0) is 36.4 Å². The molecule has 3 aromatic rings. The van der Waals surface area contributed by atoms with Gasteiger partial charge in [-0.15, -0.1) is 0 Å². The Morgan fingerprint density at radius 1 is 1.24 bits per heavy atom. The third-order valence-corrected chi connectivity index (χ3v) is 5.21. The number of hydrogen-bond donors (Lipinski definition) is 0. The summed E-state index contributed by atoms with van der Waals surface area (Å²) in [7, 11) is 3.23.